The van der Waals surface area contributed by atoms with Crippen molar-refractivity contribution in [1.82, 2.24) is 15.2 Å². The Morgan fingerprint density at radius 1 is 1.33 bits per heavy atom. The van der Waals surface area contributed by atoms with Crippen LogP contribution in [0.5, 0.6) is 0 Å². The topological polar surface area (TPSA) is 67.6 Å². The van der Waals surface area contributed by atoms with Gasteiger partial charge in [-0.25, -0.2) is 4.98 Å². The minimum Gasteiger partial charge on any atom is -0.324 e. The SMILES string of the molecule is NCc1nc(-c2cc(Cl)ccc2Cl)n[nH]1. The van der Waals surface area contributed by atoms with Gasteiger partial charge in [0.15, 0.2) is 5.82 Å². The summed E-state index contributed by atoms with van der Waals surface area (Å²) in [6, 6.07) is 5.13. The van der Waals surface area contributed by atoms with Gasteiger partial charge in [0, 0.05) is 10.6 Å². The number of aromatic nitrogens is 3. The highest BCUT2D eigenvalue weighted by atomic mass is 35.5. The lowest BCUT2D eigenvalue weighted by molar-refractivity contribution is 0.917. The van der Waals surface area contributed by atoms with E-state index in [0.29, 0.717) is 33.8 Å². The summed E-state index contributed by atoms with van der Waals surface area (Å²) in [5.41, 5.74) is 6.11. The second-order valence-electron chi connectivity index (χ2n) is 2.93. The number of aromatic amines is 1. The monoisotopic (exact) mass is 242 g/mol. The van der Waals surface area contributed by atoms with Gasteiger partial charge >= 0.3 is 0 Å². The van der Waals surface area contributed by atoms with E-state index in [1.54, 1.807) is 18.2 Å². The van der Waals surface area contributed by atoms with Crippen molar-refractivity contribution in [3.63, 3.8) is 0 Å². The molecule has 1 aromatic carbocycles. The molecule has 0 aliphatic carbocycles. The molecule has 1 heterocycles. The van der Waals surface area contributed by atoms with E-state index in [1.807, 2.05) is 0 Å². The highest BCUT2D eigenvalue weighted by molar-refractivity contribution is 6.35. The van der Waals surface area contributed by atoms with E-state index in [2.05, 4.69) is 15.2 Å². The van der Waals surface area contributed by atoms with E-state index in [1.165, 1.54) is 0 Å². The zero-order valence-corrected chi connectivity index (χ0v) is 9.18. The van der Waals surface area contributed by atoms with Crippen LogP contribution in [0.1, 0.15) is 5.82 Å². The predicted molar refractivity (Wildman–Crippen MR) is 59.7 cm³/mol. The Morgan fingerprint density at radius 3 is 2.80 bits per heavy atom. The van der Waals surface area contributed by atoms with Crippen LogP contribution in [0, 0.1) is 0 Å². The molecule has 4 nitrogen and oxygen atoms in total. The van der Waals surface area contributed by atoms with Crippen molar-refractivity contribution in [3.8, 4) is 11.4 Å². The summed E-state index contributed by atoms with van der Waals surface area (Å²) in [4.78, 5) is 4.17. The number of nitrogens with one attached hydrogen (secondary N) is 1. The highest BCUT2D eigenvalue weighted by Gasteiger charge is 2.09. The van der Waals surface area contributed by atoms with E-state index in [0.717, 1.165) is 0 Å². The molecule has 2 aromatic rings. The molecule has 0 atom stereocenters. The second-order valence-corrected chi connectivity index (χ2v) is 3.78. The summed E-state index contributed by atoms with van der Waals surface area (Å²) >= 11 is 11.9. The van der Waals surface area contributed by atoms with E-state index in [4.69, 9.17) is 28.9 Å². The van der Waals surface area contributed by atoms with Crippen molar-refractivity contribution in [2.45, 2.75) is 6.54 Å². The van der Waals surface area contributed by atoms with Gasteiger partial charge in [0.25, 0.3) is 0 Å². The predicted octanol–water partition coefficient (Wildman–Crippen LogP) is 2.24. The van der Waals surface area contributed by atoms with Gasteiger partial charge in [-0.05, 0) is 18.2 Å². The molecular weight excluding hydrogens is 235 g/mol. The first-order valence-corrected chi connectivity index (χ1v) is 5.03. The molecule has 0 fully saturated rings. The summed E-state index contributed by atoms with van der Waals surface area (Å²) in [6.07, 6.45) is 0. The van der Waals surface area contributed by atoms with Crippen LogP contribution in [0.2, 0.25) is 10.0 Å². The Hall–Kier alpha value is -1.10. The molecule has 6 heteroatoms. The van der Waals surface area contributed by atoms with Gasteiger partial charge in [-0.2, -0.15) is 5.10 Å². The van der Waals surface area contributed by atoms with Crippen molar-refractivity contribution in [2.75, 3.05) is 0 Å². The number of nitrogens with zero attached hydrogens (tertiary/aromatic N) is 2. The van der Waals surface area contributed by atoms with Crippen molar-refractivity contribution < 1.29 is 0 Å². The maximum atomic E-state index is 6.00. The zero-order chi connectivity index (χ0) is 10.8. The van der Waals surface area contributed by atoms with Crippen LogP contribution in [0.25, 0.3) is 11.4 Å². The van der Waals surface area contributed by atoms with Crippen LogP contribution in [-0.4, -0.2) is 15.2 Å². The molecule has 0 unspecified atom stereocenters. The van der Waals surface area contributed by atoms with Crippen molar-refractivity contribution in [3.05, 3.63) is 34.1 Å². The number of hydrogen-bond acceptors (Lipinski definition) is 3. The standard InChI is InChI=1S/C9H8Cl2N4/c10-5-1-2-7(11)6(3-5)9-13-8(4-12)14-15-9/h1-3H,4,12H2,(H,13,14,15). The van der Waals surface area contributed by atoms with Crippen molar-refractivity contribution >= 4 is 23.2 Å². The Kier molecular flexibility index (Phi) is 2.90. The van der Waals surface area contributed by atoms with Crippen LogP contribution in [0.15, 0.2) is 18.2 Å². The number of nitrogens with two attached hydrogens (primary N) is 1. The molecule has 78 valence electrons. The van der Waals surface area contributed by atoms with Gasteiger partial charge in [0.05, 0.1) is 11.6 Å². The molecule has 0 aliphatic rings. The largest absolute Gasteiger partial charge is 0.324 e. The summed E-state index contributed by atoms with van der Waals surface area (Å²) in [5, 5.41) is 7.86. The Morgan fingerprint density at radius 2 is 2.13 bits per heavy atom. The van der Waals surface area contributed by atoms with E-state index in [-0.39, 0.29) is 0 Å². The maximum Gasteiger partial charge on any atom is 0.182 e. The van der Waals surface area contributed by atoms with Crippen molar-refractivity contribution in [1.29, 1.82) is 0 Å². The van der Waals surface area contributed by atoms with E-state index >= 15 is 0 Å². The number of rotatable bonds is 2. The van der Waals surface area contributed by atoms with Crippen LogP contribution in [-0.2, 0) is 6.54 Å². The van der Waals surface area contributed by atoms with Gasteiger partial charge in [-0.3, -0.25) is 5.10 Å². The van der Waals surface area contributed by atoms with Crippen LogP contribution in [0.3, 0.4) is 0 Å². The highest BCUT2D eigenvalue weighted by Crippen LogP contribution is 2.27. The van der Waals surface area contributed by atoms with Crippen molar-refractivity contribution in [2.24, 2.45) is 5.73 Å². The molecule has 2 rings (SSSR count). The third kappa shape index (κ3) is 2.12. The normalized spacial score (nSPS) is 10.6. The van der Waals surface area contributed by atoms with Crippen LogP contribution < -0.4 is 5.73 Å². The first-order chi connectivity index (χ1) is 7.20. The molecule has 3 N–H and O–H groups in total. The molecule has 1 aromatic heterocycles. The molecule has 0 saturated heterocycles. The van der Waals surface area contributed by atoms with Gasteiger partial charge in [-0.1, -0.05) is 23.2 Å². The first kappa shape index (κ1) is 10.4. The summed E-state index contributed by atoms with van der Waals surface area (Å²) in [7, 11) is 0. The summed E-state index contributed by atoms with van der Waals surface area (Å²) in [6.45, 7) is 0.311. The fourth-order valence-corrected chi connectivity index (χ4v) is 1.55. The minimum absolute atomic E-state index is 0.311. The molecule has 0 saturated carbocycles. The molecule has 0 spiro atoms. The molecule has 0 aliphatic heterocycles. The molecule has 15 heavy (non-hydrogen) atoms. The third-order valence-electron chi connectivity index (χ3n) is 1.89. The number of benzene rings is 1. The van der Waals surface area contributed by atoms with Gasteiger partial charge in [-0.15, -0.1) is 0 Å². The average Bonchev–Trinajstić information content (AvgIpc) is 2.70. The number of H-pyrrole nitrogens is 1. The summed E-state index contributed by atoms with van der Waals surface area (Å²) < 4.78 is 0. The first-order valence-electron chi connectivity index (χ1n) is 4.27. The number of halogens is 2. The lowest BCUT2D eigenvalue weighted by atomic mass is 10.2. The second kappa shape index (κ2) is 4.18. The van der Waals surface area contributed by atoms with Crippen LogP contribution in [0.4, 0.5) is 0 Å². The van der Waals surface area contributed by atoms with E-state index < -0.39 is 0 Å². The quantitative estimate of drug-likeness (QED) is 0.849. The fraction of sp³-hybridized carbons (Fsp3) is 0.111. The van der Waals surface area contributed by atoms with Gasteiger partial charge in [0.1, 0.15) is 5.82 Å². The molecule has 0 bridgehead atoms. The third-order valence-corrected chi connectivity index (χ3v) is 2.46. The fourth-order valence-electron chi connectivity index (χ4n) is 1.18. The lowest BCUT2D eigenvalue weighted by Gasteiger charge is -1.99. The Bertz CT molecular complexity index is 481. The molecule has 0 radical (unpaired) electrons. The Balaban J connectivity index is 2.48. The van der Waals surface area contributed by atoms with Gasteiger partial charge in [0.2, 0.25) is 0 Å². The molecule has 0 amide bonds. The Labute approximate surface area is 96.4 Å². The van der Waals surface area contributed by atoms with E-state index in [9.17, 15) is 0 Å². The zero-order valence-electron chi connectivity index (χ0n) is 7.67. The lowest BCUT2D eigenvalue weighted by Crippen LogP contribution is -1.97. The maximum absolute atomic E-state index is 6.00. The van der Waals surface area contributed by atoms with Crippen LogP contribution >= 0.6 is 23.2 Å². The smallest absolute Gasteiger partial charge is 0.182 e. The minimum atomic E-state index is 0.311. The average molecular weight is 243 g/mol. The number of hydrogen-bond donors (Lipinski definition) is 2. The summed E-state index contributed by atoms with van der Waals surface area (Å²) in [5.74, 6) is 1.11. The van der Waals surface area contributed by atoms with Gasteiger partial charge < -0.3 is 5.73 Å². The molecular formula is C9H8Cl2N4.